The number of amides is 1. The molecule has 2 heterocycles. The van der Waals surface area contributed by atoms with Crippen molar-refractivity contribution in [3.05, 3.63) is 71.8 Å². The zero-order valence-corrected chi connectivity index (χ0v) is 15.6. The van der Waals surface area contributed by atoms with Gasteiger partial charge in [-0.15, -0.1) is 0 Å². The molecule has 0 aliphatic carbocycles. The maximum Gasteiger partial charge on any atom is 0.224 e. The molecular weight excluding hydrogens is 340 g/mol. The van der Waals surface area contributed by atoms with E-state index in [1.165, 1.54) is 0 Å². The number of hydrogen-bond acceptors (Lipinski definition) is 5. The molecule has 1 aromatic carbocycles. The van der Waals surface area contributed by atoms with E-state index in [-0.39, 0.29) is 11.9 Å². The van der Waals surface area contributed by atoms with E-state index in [9.17, 15) is 4.79 Å². The summed E-state index contributed by atoms with van der Waals surface area (Å²) in [4.78, 5) is 25.4. The van der Waals surface area contributed by atoms with Crippen LogP contribution >= 0.6 is 0 Å². The summed E-state index contributed by atoms with van der Waals surface area (Å²) >= 11 is 0. The van der Waals surface area contributed by atoms with Crippen molar-refractivity contribution in [1.29, 1.82) is 0 Å². The number of nitrogens with zero attached hydrogens (tertiary/aromatic N) is 3. The number of nitrogens with one attached hydrogen (secondary N) is 1. The molecule has 0 saturated carbocycles. The van der Waals surface area contributed by atoms with Crippen LogP contribution in [0.4, 0.5) is 0 Å². The Hall–Kier alpha value is -3.28. The molecule has 0 radical (unpaired) electrons. The van der Waals surface area contributed by atoms with Gasteiger partial charge in [0.15, 0.2) is 5.82 Å². The summed E-state index contributed by atoms with van der Waals surface area (Å²) in [5, 5.41) is 3.01. The van der Waals surface area contributed by atoms with Gasteiger partial charge in [0.2, 0.25) is 5.91 Å². The molecule has 0 spiro atoms. The van der Waals surface area contributed by atoms with Gasteiger partial charge in [-0.05, 0) is 43.7 Å². The van der Waals surface area contributed by atoms with Crippen LogP contribution in [0.25, 0.3) is 11.4 Å². The fraction of sp³-hybridized carbons (Fsp3) is 0.238. The third kappa shape index (κ3) is 4.67. The van der Waals surface area contributed by atoms with Crippen LogP contribution in [0.15, 0.2) is 55.0 Å². The van der Waals surface area contributed by atoms with Crippen molar-refractivity contribution in [2.24, 2.45) is 0 Å². The number of rotatable bonds is 6. The van der Waals surface area contributed by atoms with E-state index >= 15 is 0 Å². The molecule has 0 aliphatic rings. The first-order valence-electron chi connectivity index (χ1n) is 8.73. The highest BCUT2D eigenvalue weighted by molar-refractivity contribution is 5.79. The summed E-state index contributed by atoms with van der Waals surface area (Å²) in [6.45, 7) is 3.86. The van der Waals surface area contributed by atoms with Crippen LogP contribution in [0.2, 0.25) is 0 Å². The minimum atomic E-state index is -0.178. The molecule has 2 aromatic heterocycles. The second kappa shape index (κ2) is 8.40. The second-order valence-corrected chi connectivity index (χ2v) is 6.28. The van der Waals surface area contributed by atoms with Crippen LogP contribution < -0.4 is 10.1 Å². The number of benzene rings is 1. The minimum absolute atomic E-state index is 0.0507. The molecule has 27 heavy (non-hydrogen) atoms. The van der Waals surface area contributed by atoms with Crippen molar-refractivity contribution in [2.75, 3.05) is 7.11 Å². The molecule has 0 unspecified atom stereocenters. The minimum Gasteiger partial charge on any atom is -0.497 e. The molecule has 138 valence electrons. The Bertz CT molecular complexity index is 911. The number of carbonyl (C=O) groups is 1. The Balaban J connectivity index is 1.66. The third-order valence-electron chi connectivity index (χ3n) is 4.32. The van der Waals surface area contributed by atoms with Gasteiger partial charge in [0.05, 0.1) is 19.6 Å². The lowest BCUT2D eigenvalue weighted by Gasteiger charge is -2.16. The highest BCUT2D eigenvalue weighted by Crippen LogP contribution is 2.19. The Morgan fingerprint density at radius 3 is 2.48 bits per heavy atom. The van der Waals surface area contributed by atoms with E-state index in [1.807, 2.05) is 50.2 Å². The summed E-state index contributed by atoms with van der Waals surface area (Å²) in [6.07, 6.45) is 5.51. The van der Waals surface area contributed by atoms with E-state index in [1.54, 1.807) is 25.7 Å². The van der Waals surface area contributed by atoms with Crippen molar-refractivity contribution in [1.82, 2.24) is 20.3 Å². The molecule has 0 fully saturated rings. The van der Waals surface area contributed by atoms with Gasteiger partial charge in [0.25, 0.3) is 0 Å². The molecule has 3 aromatic rings. The number of hydrogen-bond donors (Lipinski definition) is 1. The lowest BCUT2D eigenvalue weighted by atomic mass is 10.1. The van der Waals surface area contributed by atoms with Gasteiger partial charge in [-0.25, -0.2) is 9.97 Å². The highest BCUT2D eigenvalue weighted by atomic mass is 16.5. The summed E-state index contributed by atoms with van der Waals surface area (Å²) in [5.41, 5.74) is 3.59. The van der Waals surface area contributed by atoms with Gasteiger partial charge >= 0.3 is 0 Å². The second-order valence-electron chi connectivity index (χ2n) is 6.28. The molecule has 6 nitrogen and oxygen atoms in total. The van der Waals surface area contributed by atoms with Crippen LogP contribution in [0.3, 0.4) is 0 Å². The third-order valence-corrected chi connectivity index (χ3v) is 4.32. The standard InChI is InChI=1S/C21H22N4O2/c1-14(24-20(26)12-16-4-6-18(27-3)7-5-16)19-13-23-21(25-15(19)2)17-8-10-22-11-9-17/h4-11,13-14H,12H2,1-3H3,(H,24,26)/t14-/m0/s1. The zero-order valence-electron chi connectivity index (χ0n) is 15.6. The lowest BCUT2D eigenvalue weighted by molar-refractivity contribution is -0.121. The number of aromatic nitrogens is 3. The van der Waals surface area contributed by atoms with Crippen molar-refractivity contribution in [2.45, 2.75) is 26.3 Å². The summed E-state index contributed by atoms with van der Waals surface area (Å²) in [5.74, 6) is 1.37. The predicted molar refractivity (Wildman–Crippen MR) is 103 cm³/mol. The maximum absolute atomic E-state index is 12.4. The lowest BCUT2D eigenvalue weighted by Crippen LogP contribution is -2.28. The number of ether oxygens (including phenoxy) is 1. The van der Waals surface area contributed by atoms with Gasteiger partial charge in [0.1, 0.15) is 5.75 Å². The van der Waals surface area contributed by atoms with E-state index in [0.29, 0.717) is 12.2 Å². The van der Waals surface area contributed by atoms with Gasteiger partial charge < -0.3 is 10.1 Å². The summed E-state index contributed by atoms with van der Waals surface area (Å²) in [7, 11) is 1.62. The van der Waals surface area contributed by atoms with E-state index in [4.69, 9.17) is 4.74 Å². The van der Waals surface area contributed by atoms with Gasteiger partial charge in [-0.2, -0.15) is 0 Å². The van der Waals surface area contributed by atoms with Crippen molar-refractivity contribution in [3.8, 4) is 17.1 Å². The fourth-order valence-corrected chi connectivity index (χ4v) is 2.84. The number of pyridine rings is 1. The van der Waals surface area contributed by atoms with Crippen molar-refractivity contribution < 1.29 is 9.53 Å². The molecule has 0 bridgehead atoms. The molecule has 1 atom stereocenters. The molecule has 0 saturated heterocycles. The predicted octanol–water partition coefficient (Wildman–Crippen LogP) is 3.28. The first-order chi connectivity index (χ1) is 13.1. The molecular formula is C21H22N4O2. The van der Waals surface area contributed by atoms with Gasteiger partial charge in [-0.1, -0.05) is 12.1 Å². The highest BCUT2D eigenvalue weighted by Gasteiger charge is 2.14. The van der Waals surface area contributed by atoms with Crippen molar-refractivity contribution in [3.63, 3.8) is 0 Å². The average Bonchev–Trinajstić information content (AvgIpc) is 2.69. The first kappa shape index (κ1) is 18.5. The Morgan fingerprint density at radius 1 is 1.15 bits per heavy atom. The fourth-order valence-electron chi connectivity index (χ4n) is 2.84. The van der Waals surface area contributed by atoms with Gasteiger partial charge in [-0.3, -0.25) is 9.78 Å². The first-order valence-corrected chi connectivity index (χ1v) is 8.73. The van der Waals surface area contributed by atoms with Crippen LogP contribution in [0, 0.1) is 6.92 Å². The molecule has 1 amide bonds. The monoisotopic (exact) mass is 362 g/mol. The maximum atomic E-state index is 12.4. The van der Waals surface area contributed by atoms with Crippen LogP contribution in [0.5, 0.6) is 5.75 Å². The number of carbonyl (C=O) groups excluding carboxylic acids is 1. The topological polar surface area (TPSA) is 77.0 Å². The largest absolute Gasteiger partial charge is 0.497 e. The van der Waals surface area contributed by atoms with Crippen LogP contribution in [-0.4, -0.2) is 28.0 Å². The summed E-state index contributed by atoms with van der Waals surface area (Å²) < 4.78 is 5.13. The van der Waals surface area contributed by atoms with E-state index in [2.05, 4.69) is 20.3 Å². The van der Waals surface area contributed by atoms with Crippen LogP contribution in [0.1, 0.15) is 29.8 Å². The smallest absolute Gasteiger partial charge is 0.224 e. The summed E-state index contributed by atoms with van der Waals surface area (Å²) in [6, 6.07) is 11.0. The van der Waals surface area contributed by atoms with E-state index in [0.717, 1.165) is 28.1 Å². The van der Waals surface area contributed by atoms with Crippen molar-refractivity contribution >= 4 is 5.91 Å². The Labute approximate surface area is 158 Å². The van der Waals surface area contributed by atoms with E-state index < -0.39 is 0 Å². The molecule has 3 rings (SSSR count). The molecule has 6 heteroatoms. The molecule has 0 aliphatic heterocycles. The SMILES string of the molecule is COc1ccc(CC(=O)N[C@@H](C)c2cnc(-c3ccncc3)nc2C)cc1. The Morgan fingerprint density at radius 2 is 1.85 bits per heavy atom. The van der Waals surface area contributed by atoms with Crippen LogP contribution in [-0.2, 0) is 11.2 Å². The normalized spacial score (nSPS) is 11.7. The number of methoxy groups -OCH3 is 1. The number of aryl methyl sites for hydroxylation is 1. The quantitative estimate of drug-likeness (QED) is 0.728. The Kier molecular flexibility index (Phi) is 5.76. The molecule has 1 N–H and O–H groups in total. The average molecular weight is 362 g/mol. The van der Waals surface area contributed by atoms with Gasteiger partial charge in [0, 0.05) is 35.4 Å². The zero-order chi connectivity index (χ0) is 19.2.